The van der Waals surface area contributed by atoms with Crippen molar-refractivity contribution >= 4 is 17.2 Å². The van der Waals surface area contributed by atoms with E-state index in [1.165, 1.54) is 24.1 Å². The van der Waals surface area contributed by atoms with Gasteiger partial charge < -0.3 is 5.11 Å². The monoisotopic (exact) mass is 380 g/mol. The number of benzene rings is 2. The summed E-state index contributed by atoms with van der Waals surface area (Å²) in [6.45, 7) is 3.52. The number of nitro groups is 1. The number of nitrogens with zero attached hydrogens (tertiary/aromatic N) is 3. The van der Waals surface area contributed by atoms with Crippen LogP contribution in [0.3, 0.4) is 0 Å². The van der Waals surface area contributed by atoms with Gasteiger partial charge in [-0.2, -0.15) is 4.90 Å². The Morgan fingerprint density at radius 2 is 1.82 bits per heavy atom. The van der Waals surface area contributed by atoms with Crippen molar-refractivity contribution in [3.63, 3.8) is 0 Å². The minimum Gasteiger partial charge on any atom is -0.346 e. The number of aryl methyl sites for hydroxylation is 1. The number of anilines is 1. The van der Waals surface area contributed by atoms with Crippen molar-refractivity contribution < 1.29 is 14.6 Å². The summed E-state index contributed by atoms with van der Waals surface area (Å²) in [5.41, 5.74) is 1.68. The summed E-state index contributed by atoms with van der Waals surface area (Å²) in [5, 5.41) is 22.9. The number of hydrogen-bond donors (Lipinski definition) is 1. The number of rotatable bonds is 4. The van der Waals surface area contributed by atoms with E-state index in [1.54, 1.807) is 12.1 Å². The second kappa shape index (κ2) is 7.36. The molecule has 0 spiro atoms. The zero-order chi connectivity index (χ0) is 19.7. The van der Waals surface area contributed by atoms with Crippen molar-refractivity contribution in [1.29, 1.82) is 0 Å². The van der Waals surface area contributed by atoms with Gasteiger partial charge >= 0.3 is 0 Å². The molecule has 0 fully saturated rings. The highest BCUT2D eigenvalue weighted by Gasteiger charge is 2.54. The van der Waals surface area contributed by atoms with Crippen LogP contribution in [0.2, 0.25) is 0 Å². The second-order valence-electron chi connectivity index (χ2n) is 7.62. The van der Waals surface area contributed by atoms with Gasteiger partial charge in [0, 0.05) is 24.1 Å². The van der Waals surface area contributed by atoms with E-state index in [0.717, 1.165) is 43.8 Å². The molecule has 2 aromatic rings. The van der Waals surface area contributed by atoms with E-state index in [-0.39, 0.29) is 5.69 Å². The highest BCUT2D eigenvalue weighted by atomic mass is 16.6. The fourth-order valence-electron chi connectivity index (χ4n) is 4.34. The van der Waals surface area contributed by atoms with Crippen LogP contribution >= 0.6 is 0 Å². The average Bonchev–Trinajstić information content (AvgIpc) is 2.84. The summed E-state index contributed by atoms with van der Waals surface area (Å²) in [6.07, 6.45) is 5.30. The smallest absolute Gasteiger partial charge is 0.275 e. The van der Waals surface area contributed by atoms with E-state index < -0.39 is 10.6 Å². The highest BCUT2D eigenvalue weighted by molar-refractivity contribution is 5.97. The van der Waals surface area contributed by atoms with Crippen LogP contribution in [0.4, 0.5) is 11.4 Å². The highest BCUT2D eigenvalue weighted by Crippen LogP contribution is 2.38. The molecule has 0 bridgehead atoms. The van der Waals surface area contributed by atoms with Crippen molar-refractivity contribution in [2.75, 3.05) is 18.0 Å². The fourth-order valence-corrected chi connectivity index (χ4v) is 4.34. The van der Waals surface area contributed by atoms with Crippen LogP contribution in [-0.2, 0) is 12.1 Å². The number of amidine groups is 1. The maximum atomic E-state index is 11.8. The lowest BCUT2D eigenvalue weighted by Crippen LogP contribution is -2.47. The van der Waals surface area contributed by atoms with E-state index in [0.29, 0.717) is 12.1 Å². The molecule has 2 aromatic carbocycles. The average molecular weight is 380 g/mol. The Hall–Kier alpha value is -2.73. The molecule has 146 valence electrons. The maximum absolute atomic E-state index is 11.8. The van der Waals surface area contributed by atoms with Gasteiger partial charge in [0.15, 0.2) is 6.54 Å². The molecule has 2 aliphatic rings. The van der Waals surface area contributed by atoms with Crippen LogP contribution in [0, 0.1) is 10.1 Å². The van der Waals surface area contributed by atoms with Gasteiger partial charge in [-0.05, 0) is 55.5 Å². The van der Waals surface area contributed by atoms with Gasteiger partial charge in [-0.1, -0.05) is 19.1 Å². The normalized spacial score (nSPS) is 22.1. The molecule has 0 amide bonds. The number of non-ortho nitro benzene ring substituents is 1. The molecule has 28 heavy (non-hydrogen) atoms. The van der Waals surface area contributed by atoms with Crippen molar-refractivity contribution in [3.8, 4) is 0 Å². The first-order valence-electron chi connectivity index (χ1n) is 10.00. The molecule has 6 heteroatoms. The third-order valence-corrected chi connectivity index (χ3v) is 5.88. The van der Waals surface area contributed by atoms with Gasteiger partial charge in [-0.3, -0.25) is 14.7 Å². The molecule has 2 aliphatic heterocycles. The first kappa shape index (κ1) is 18.6. The Morgan fingerprint density at radius 1 is 1.11 bits per heavy atom. The van der Waals surface area contributed by atoms with Gasteiger partial charge in [-0.25, -0.2) is 0 Å². The molecule has 1 atom stereocenters. The molecule has 0 saturated carbocycles. The molecular formula is C22H26N3O3+. The summed E-state index contributed by atoms with van der Waals surface area (Å²) < 4.78 is 2.28. The van der Waals surface area contributed by atoms with Crippen molar-refractivity contribution in [2.45, 2.75) is 44.8 Å². The zero-order valence-electron chi connectivity index (χ0n) is 16.2. The first-order chi connectivity index (χ1) is 13.5. The third kappa shape index (κ3) is 3.18. The Labute approximate surface area is 164 Å². The van der Waals surface area contributed by atoms with Crippen LogP contribution in [-0.4, -0.2) is 33.5 Å². The largest absolute Gasteiger partial charge is 0.346 e. The SMILES string of the molecule is CCc1ccc(N2C3=[N+](CCCCC3)C[C@]2(O)c2ccc([N+](=O)[O-])cc2)cc1. The predicted molar refractivity (Wildman–Crippen MR) is 109 cm³/mol. The summed E-state index contributed by atoms with van der Waals surface area (Å²) in [6, 6.07) is 14.6. The zero-order valence-corrected chi connectivity index (χ0v) is 16.2. The summed E-state index contributed by atoms with van der Waals surface area (Å²) in [5.74, 6) is 1.14. The predicted octanol–water partition coefficient (Wildman–Crippen LogP) is 3.81. The molecular weight excluding hydrogens is 354 g/mol. The van der Waals surface area contributed by atoms with E-state index in [1.807, 2.05) is 4.90 Å². The van der Waals surface area contributed by atoms with Crippen molar-refractivity contribution in [2.24, 2.45) is 0 Å². The number of hydrogen-bond acceptors (Lipinski definition) is 4. The second-order valence-corrected chi connectivity index (χ2v) is 7.62. The Kier molecular flexibility index (Phi) is 4.89. The summed E-state index contributed by atoms with van der Waals surface area (Å²) in [4.78, 5) is 12.7. The molecule has 6 nitrogen and oxygen atoms in total. The molecule has 2 heterocycles. The van der Waals surface area contributed by atoms with Gasteiger partial charge in [0.1, 0.15) is 5.69 Å². The van der Waals surface area contributed by atoms with Gasteiger partial charge in [0.05, 0.1) is 11.5 Å². The molecule has 0 aromatic heterocycles. The third-order valence-electron chi connectivity index (χ3n) is 5.88. The van der Waals surface area contributed by atoms with Gasteiger partial charge in [0.25, 0.3) is 17.2 Å². The lowest BCUT2D eigenvalue weighted by atomic mass is 9.99. The molecule has 0 aliphatic carbocycles. The van der Waals surface area contributed by atoms with Crippen LogP contribution in [0.1, 0.15) is 43.7 Å². The van der Waals surface area contributed by atoms with Crippen LogP contribution < -0.4 is 4.90 Å². The Balaban J connectivity index is 1.79. The van der Waals surface area contributed by atoms with E-state index in [9.17, 15) is 15.2 Å². The molecule has 4 rings (SSSR count). The van der Waals surface area contributed by atoms with E-state index >= 15 is 0 Å². The quantitative estimate of drug-likeness (QED) is 0.497. The Morgan fingerprint density at radius 3 is 2.46 bits per heavy atom. The molecule has 0 radical (unpaired) electrons. The summed E-state index contributed by atoms with van der Waals surface area (Å²) >= 11 is 0. The standard InChI is InChI=1S/C22H26N3O3/c1-2-17-7-11-19(12-8-17)24-21-6-4-3-5-15-23(21)16-22(24,26)18-9-13-20(14-10-18)25(27)28/h7-14,26H,2-6,15-16H2,1H3/q+1/t22-/m0/s1. The van der Waals surface area contributed by atoms with Crippen LogP contribution in [0.5, 0.6) is 0 Å². The lowest BCUT2D eigenvalue weighted by molar-refractivity contribution is -0.534. The topological polar surface area (TPSA) is 69.6 Å². The molecule has 1 N–H and O–H groups in total. The van der Waals surface area contributed by atoms with E-state index in [2.05, 4.69) is 35.8 Å². The minimum absolute atomic E-state index is 0.0337. The number of nitro benzene ring substituents is 1. The fraction of sp³-hybridized carbons (Fsp3) is 0.409. The number of aliphatic hydroxyl groups is 1. The lowest BCUT2D eigenvalue weighted by Gasteiger charge is -2.29. The maximum Gasteiger partial charge on any atom is 0.275 e. The van der Waals surface area contributed by atoms with Crippen molar-refractivity contribution in [1.82, 2.24) is 0 Å². The minimum atomic E-state index is -1.24. The molecule has 0 unspecified atom stereocenters. The summed E-state index contributed by atoms with van der Waals surface area (Å²) in [7, 11) is 0. The Bertz CT molecular complexity index is 906. The van der Waals surface area contributed by atoms with Crippen LogP contribution in [0.25, 0.3) is 0 Å². The van der Waals surface area contributed by atoms with Gasteiger partial charge in [-0.15, -0.1) is 0 Å². The van der Waals surface area contributed by atoms with Gasteiger partial charge in [0.2, 0.25) is 0 Å². The first-order valence-corrected chi connectivity index (χ1v) is 10.00. The molecule has 0 saturated heterocycles. The van der Waals surface area contributed by atoms with Crippen molar-refractivity contribution in [3.05, 3.63) is 69.8 Å². The van der Waals surface area contributed by atoms with E-state index in [4.69, 9.17) is 0 Å². The van der Waals surface area contributed by atoms with Crippen LogP contribution in [0.15, 0.2) is 48.5 Å².